The molecule has 0 spiro atoms. The quantitative estimate of drug-likeness (QED) is 0.850. The van der Waals surface area contributed by atoms with Gasteiger partial charge >= 0.3 is 5.97 Å². The van der Waals surface area contributed by atoms with Crippen molar-refractivity contribution in [2.24, 2.45) is 0 Å². The first-order chi connectivity index (χ1) is 8.74. The molecule has 0 aliphatic rings. The van der Waals surface area contributed by atoms with Gasteiger partial charge in [-0.15, -0.1) is 0 Å². The molecule has 1 aromatic carbocycles. The Morgan fingerprint density at radius 2 is 1.95 bits per heavy atom. The summed E-state index contributed by atoms with van der Waals surface area (Å²) in [6, 6.07) is 6.32. The van der Waals surface area contributed by atoms with Crippen LogP contribution in [0.1, 0.15) is 6.92 Å². The topological polar surface area (TPSA) is 101 Å². The number of carbonyl (C=O) groups excluding carboxylic acids is 1. The van der Waals surface area contributed by atoms with Crippen LogP contribution in [0.4, 0.5) is 5.69 Å². The third-order valence-corrected chi connectivity index (χ3v) is 4.64. The molecule has 2 N–H and O–H groups in total. The Morgan fingerprint density at radius 1 is 1.37 bits per heavy atom. The van der Waals surface area contributed by atoms with E-state index in [4.69, 9.17) is 16.7 Å². The summed E-state index contributed by atoms with van der Waals surface area (Å²) >= 11 is 5.79. The number of anilines is 1. The minimum atomic E-state index is -4.05. The van der Waals surface area contributed by atoms with Crippen LogP contribution in [-0.4, -0.2) is 36.4 Å². The van der Waals surface area contributed by atoms with E-state index in [-0.39, 0.29) is 10.7 Å². The van der Waals surface area contributed by atoms with E-state index in [2.05, 4.69) is 5.32 Å². The number of rotatable bonds is 5. The number of aliphatic carboxylic acids is 1. The first-order valence-electron chi connectivity index (χ1n) is 5.23. The van der Waals surface area contributed by atoms with Gasteiger partial charge in [-0.25, -0.2) is 8.42 Å². The Bertz CT molecular complexity index is 599. The van der Waals surface area contributed by atoms with Crippen LogP contribution in [-0.2, 0) is 19.4 Å². The second-order valence-corrected chi connectivity index (χ2v) is 6.54. The Morgan fingerprint density at radius 3 is 2.47 bits per heavy atom. The number of para-hydroxylation sites is 1. The number of halogens is 1. The van der Waals surface area contributed by atoms with E-state index in [1.807, 2.05) is 0 Å². The van der Waals surface area contributed by atoms with E-state index in [1.165, 1.54) is 12.1 Å². The molecule has 0 saturated carbocycles. The second-order valence-electron chi connectivity index (χ2n) is 3.82. The van der Waals surface area contributed by atoms with Crippen LogP contribution in [0.15, 0.2) is 24.3 Å². The van der Waals surface area contributed by atoms with Crippen molar-refractivity contribution in [3.05, 3.63) is 29.3 Å². The number of amides is 1. The van der Waals surface area contributed by atoms with Gasteiger partial charge in [-0.05, 0) is 19.1 Å². The van der Waals surface area contributed by atoms with Crippen molar-refractivity contribution in [1.29, 1.82) is 0 Å². The molecular formula is C11H12ClNO5S. The van der Waals surface area contributed by atoms with E-state index in [0.717, 1.165) is 6.92 Å². The highest BCUT2D eigenvalue weighted by Crippen LogP contribution is 2.20. The van der Waals surface area contributed by atoms with Crippen LogP contribution in [0.5, 0.6) is 0 Å². The Kier molecular flexibility index (Phi) is 4.90. The summed E-state index contributed by atoms with van der Waals surface area (Å²) < 4.78 is 23.2. The SMILES string of the molecule is CC(C(=O)O)S(=O)(=O)CC(=O)Nc1ccccc1Cl. The normalized spacial score (nSPS) is 12.7. The smallest absolute Gasteiger partial charge is 0.321 e. The first-order valence-corrected chi connectivity index (χ1v) is 7.32. The number of hydrogen-bond acceptors (Lipinski definition) is 4. The van der Waals surface area contributed by atoms with Gasteiger partial charge in [-0.1, -0.05) is 23.7 Å². The van der Waals surface area contributed by atoms with Crippen LogP contribution in [0.2, 0.25) is 5.02 Å². The summed E-state index contributed by atoms with van der Waals surface area (Å²) in [5.41, 5.74) is 0.271. The lowest BCUT2D eigenvalue weighted by atomic mass is 10.3. The average Bonchev–Trinajstić information content (AvgIpc) is 2.30. The largest absolute Gasteiger partial charge is 0.480 e. The van der Waals surface area contributed by atoms with Gasteiger partial charge in [0.15, 0.2) is 15.1 Å². The fourth-order valence-electron chi connectivity index (χ4n) is 1.21. The maximum Gasteiger partial charge on any atom is 0.321 e. The lowest BCUT2D eigenvalue weighted by Gasteiger charge is -2.09. The maximum absolute atomic E-state index is 11.6. The van der Waals surface area contributed by atoms with Gasteiger partial charge < -0.3 is 10.4 Å². The van der Waals surface area contributed by atoms with Gasteiger partial charge in [0.1, 0.15) is 5.75 Å². The summed E-state index contributed by atoms with van der Waals surface area (Å²) in [5.74, 6) is -3.24. The minimum Gasteiger partial charge on any atom is -0.480 e. The van der Waals surface area contributed by atoms with Crippen molar-refractivity contribution in [3.8, 4) is 0 Å². The van der Waals surface area contributed by atoms with Crippen molar-refractivity contribution in [2.45, 2.75) is 12.2 Å². The van der Waals surface area contributed by atoms with Crippen LogP contribution >= 0.6 is 11.6 Å². The molecule has 19 heavy (non-hydrogen) atoms. The van der Waals surface area contributed by atoms with E-state index in [9.17, 15) is 18.0 Å². The molecule has 8 heteroatoms. The van der Waals surface area contributed by atoms with E-state index < -0.39 is 32.7 Å². The maximum atomic E-state index is 11.6. The second kappa shape index (κ2) is 6.03. The molecule has 0 radical (unpaired) electrons. The fourth-order valence-corrected chi connectivity index (χ4v) is 2.39. The minimum absolute atomic E-state index is 0.263. The third kappa shape index (κ3) is 4.22. The lowest BCUT2D eigenvalue weighted by molar-refractivity contribution is -0.136. The molecule has 1 amide bonds. The number of carboxylic acid groups (broad SMARTS) is 1. The summed E-state index contributed by atoms with van der Waals surface area (Å²) in [6.07, 6.45) is 0. The van der Waals surface area contributed by atoms with Crippen LogP contribution in [0.25, 0.3) is 0 Å². The fraction of sp³-hybridized carbons (Fsp3) is 0.273. The number of carbonyl (C=O) groups is 2. The number of nitrogens with one attached hydrogen (secondary N) is 1. The average molecular weight is 306 g/mol. The Hall–Kier alpha value is -1.60. The van der Waals surface area contributed by atoms with E-state index in [1.54, 1.807) is 12.1 Å². The van der Waals surface area contributed by atoms with Crippen molar-refractivity contribution < 1.29 is 23.1 Å². The van der Waals surface area contributed by atoms with Gasteiger partial charge in [0.2, 0.25) is 5.91 Å². The molecule has 0 saturated heterocycles. The summed E-state index contributed by atoms with van der Waals surface area (Å²) in [7, 11) is -4.05. The number of carboxylic acids is 1. The number of hydrogen-bond donors (Lipinski definition) is 2. The molecule has 1 aromatic rings. The summed E-state index contributed by atoms with van der Waals surface area (Å²) in [6.45, 7) is 1.01. The first kappa shape index (κ1) is 15.5. The predicted octanol–water partition coefficient (Wildman–Crippen LogP) is 1.17. The highest BCUT2D eigenvalue weighted by Gasteiger charge is 2.30. The molecule has 1 unspecified atom stereocenters. The molecule has 104 valence electrons. The molecule has 0 aliphatic carbocycles. The summed E-state index contributed by atoms with van der Waals surface area (Å²) in [5, 5.41) is 9.58. The predicted molar refractivity (Wildman–Crippen MR) is 71.0 cm³/mol. The number of sulfone groups is 1. The highest BCUT2D eigenvalue weighted by molar-refractivity contribution is 7.93. The Balaban J connectivity index is 2.77. The van der Waals surface area contributed by atoms with E-state index >= 15 is 0 Å². The van der Waals surface area contributed by atoms with Gasteiger partial charge in [0, 0.05) is 0 Å². The monoisotopic (exact) mass is 305 g/mol. The van der Waals surface area contributed by atoms with Crippen molar-refractivity contribution in [3.63, 3.8) is 0 Å². The molecule has 0 aromatic heterocycles. The number of benzene rings is 1. The van der Waals surface area contributed by atoms with Crippen molar-refractivity contribution in [1.82, 2.24) is 0 Å². The van der Waals surface area contributed by atoms with Gasteiger partial charge in [0.05, 0.1) is 10.7 Å². The zero-order valence-corrected chi connectivity index (χ0v) is 11.5. The molecule has 0 heterocycles. The zero-order valence-electron chi connectivity index (χ0n) is 9.96. The molecular weight excluding hydrogens is 294 g/mol. The lowest BCUT2D eigenvalue weighted by Crippen LogP contribution is -2.34. The van der Waals surface area contributed by atoms with Crippen molar-refractivity contribution >= 4 is 39.0 Å². The molecule has 1 rings (SSSR count). The molecule has 6 nitrogen and oxygen atoms in total. The Labute approximate surface area is 115 Å². The van der Waals surface area contributed by atoms with Gasteiger partial charge in [0.25, 0.3) is 0 Å². The summed E-state index contributed by atoms with van der Waals surface area (Å²) in [4.78, 5) is 22.2. The molecule has 0 fully saturated rings. The molecule has 0 aliphatic heterocycles. The van der Waals surface area contributed by atoms with Crippen molar-refractivity contribution in [2.75, 3.05) is 11.1 Å². The standard InChI is InChI=1S/C11H12ClNO5S/c1-7(11(15)16)19(17,18)6-10(14)13-9-5-3-2-4-8(9)12/h2-5,7H,6H2,1H3,(H,13,14)(H,15,16). The van der Waals surface area contributed by atoms with Gasteiger partial charge in [-0.2, -0.15) is 0 Å². The highest BCUT2D eigenvalue weighted by atomic mass is 35.5. The molecule has 1 atom stereocenters. The van der Waals surface area contributed by atoms with Gasteiger partial charge in [-0.3, -0.25) is 9.59 Å². The van der Waals surface area contributed by atoms with Crippen LogP contribution < -0.4 is 5.32 Å². The third-order valence-electron chi connectivity index (χ3n) is 2.37. The van der Waals surface area contributed by atoms with E-state index in [0.29, 0.717) is 0 Å². The zero-order chi connectivity index (χ0) is 14.6. The molecule has 0 bridgehead atoms. The van der Waals surface area contributed by atoms with Crippen LogP contribution in [0, 0.1) is 0 Å². The van der Waals surface area contributed by atoms with Crippen LogP contribution in [0.3, 0.4) is 0 Å².